The van der Waals surface area contributed by atoms with Crippen LogP contribution < -0.4 is 5.32 Å². The van der Waals surface area contributed by atoms with E-state index in [1.807, 2.05) is 30.3 Å². The van der Waals surface area contributed by atoms with E-state index in [1.54, 1.807) is 0 Å². The summed E-state index contributed by atoms with van der Waals surface area (Å²) in [5, 5.41) is 2.77. The van der Waals surface area contributed by atoms with Gasteiger partial charge in [-0.25, -0.2) is 4.98 Å². The van der Waals surface area contributed by atoms with E-state index in [9.17, 15) is 4.79 Å². The van der Waals surface area contributed by atoms with Gasteiger partial charge in [-0.3, -0.25) is 4.79 Å². The first-order chi connectivity index (χ1) is 8.22. The molecule has 4 nitrogen and oxygen atoms in total. The van der Waals surface area contributed by atoms with Crippen LogP contribution in [0.25, 0.3) is 11.0 Å². The van der Waals surface area contributed by atoms with Crippen molar-refractivity contribution in [2.24, 2.45) is 0 Å². The number of aromatic nitrogens is 2. The Hall–Kier alpha value is -2.10. The molecular formula is C13H15N3O. The first-order valence-electron chi connectivity index (χ1n) is 5.52. The molecule has 2 rings (SSSR count). The maximum absolute atomic E-state index is 10.9. The van der Waals surface area contributed by atoms with E-state index in [2.05, 4.69) is 21.4 Å². The summed E-state index contributed by atoms with van der Waals surface area (Å²) < 4.78 is 2.05. The van der Waals surface area contributed by atoms with Crippen LogP contribution in [-0.2, 0) is 17.9 Å². The lowest BCUT2D eigenvalue weighted by molar-refractivity contribution is -0.119. The number of carbonyl (C=O) groups excluding carboxylic acids is 1. The zero-order chi connectivity index (χ0) is 12.3. The van der Waals surface area contributed by atoms with Crippen molar-refractivity contribution in [2.45, 2.75) is 20.0 Å². The van der Waals surface area contributed by atoms with Crippen molar-refractivity contribution in [3.8, 4) is 0 Å². The number of nitrogens with one attached hydrogen (secondary N) is 1. The number of fused-ring (bicyclic) bond motifs is 1. The highest BCUT2D eigenvalue weighted by Crippen LogP contribution is 2.15. The lowest BCUT2D eigenvalue weighted by Crippen LogP contribution is -2.21. The molecule has 4 heteroatoms. The zero-order valence-corrected chi connectivity index (χ0v) is 9.81. The smallest absolute Gasteiger partial charge is 0.217 e. The second-order valence-corrected chi connectivity index (χ2v) is 3.83. The lowest BCUT2D eigenvalue weighted by atomic mass is 10.3. The number of allylic oxidation sites excluding steroid dienone is 1. The molecule has 0 bridgehead atoms. The number of hydrogen-bond acceptors (Lipinski definition) is 2. The standard InChI is InChI=1S/C13H15N3O/c1-3-8-16-12-7-5-4-6-11(12)15-13(16)9-14-10(2)17/h3-7H,1,8-9H2,2H3,(H,14,17). The summed E-state index contributed by atoms with van der Waals surface area (Å²) >= 11 is 0. The fourth-order valence-electron chi connectivity index (χ4n) is 1.80. The van der Waals surface area contributed by atoms with Gasteiger partial charge in [-0.15, -0.1) is 6.58 Å². The van der Waals surface area contributed by atoms with Gasteiger partial charge in [0.15, 0.2) is 0 Å². The normalized spacial score (nSPS) is 10.4. The van der Waals surface area contributed by atoms with Crippen molar-refractivity contribution < 1.29 is 4.79 Å². The molecule has 0 saturated carbocycles. The number of imidazole rings is 1. The second kappa shape index (κ2) is 4.82. The minimum Gasteiger partial charge on any atom is -0.349 e. The quantitative estimate of drug-likeness (QED) is 0.813. The van der Waals surface area contributed by atoms with E-state index >= 15 is 0 Å². The number of rotatable bonds is 4. The summed E-state index contributed by atoms with van der Waals surface area (Å²) in [6, 6.07) is 7.91. The molecule has 1 aromatic carbocycles. The van der Waals surface area contributed by atoms with E-state index in [-0.39, 0.29) is 5.91 Å². The Morgan fingerprint density at radius 3 is 3.00 bits per heavy atom. The first-order valence-corrected chi connectivity index (χ1v) is 5.52. The molecule has 17 heavy (non-hydrogen) atoms. The third kappa shape index (κ3) is 2.36. The number of carbonyl (C=O) groups is 1. The highest BCUT2D eigenvalue weighted by Gasteiger charge is 2.08. The van der Waals surface area contributed by atoms with Crippen molar-refractivity contribution in [2.75, 3.05) is 0 Å². The topological polar surface area (TPSA) is 46.9 Å². The van der Waals surface area contributed by atoms with Crippen molar-refractivity contribution in [1.82, 2.24) is 14.9 Å². The molecule has 0 unspecified atom stereocenters. The Bertz CT molecular complexity index is 557. The molecule has 0 spiro atoms. The van der Waals surface area contributed by atoms with E-state index in [1.165, 1.54) is 6.92 Å². The average molecular weight is 229 g/mol. The van der Waals surface area contributed by atoms with Crippen LogP contribution in [0.4, 0.5) is 0 Å². The fourth-order valence-corrected chi connectivity index (χ4v) is 1.80. The van der Waals surface area contributed by atoms with Gasteiger partial charge in [-0.1, -0.05) is 18.2 Å². The summed E-state index contributed by atoms with van der Waals surface area (Å²) in [5.41, 5.74) is 2.00. The molecule has 1 amide bonds. The van der Waals surface area contributed by atoms with Gasteiger partial charge in [0.1, 0.15) is 5.82 Å². The molecule has 0 aliphatic carbocycles. The summed E-state index contributed by atoms with van der Waals surface area (Å²) in [7, 11) is 0. The van der Waals surface area contributed by atoms with E-state index < -0.39 is 0 Å². The van der Waals surface area contributed by atoms with Crippen molar-refractivity contribution >= 4 is 16.9 Å². The number of para-hydroxylation sites is 2. The van der Waals surface area contributed by atoms with Crippen LogP contribution >= 0.6 is 0 Å². The van der Waals surface area contributed by atoms with Crippen LogP contribution in [0, 0.1) is 0 Å². The number of benzene rings is 1. The Balaban J connectivity index is 2.41. The fraction of sp³-hybridized carbons (Fsp3) is 0.231. The molecule has 0 radical (unpaired) electrons. The van der Waals surface area contributed by atoms with E-state index in [4.69, 9.17) is 0 Å². The predicted octanol–water partition coefficient (Wildman–Crippen LogP) is 1.86. The molecule has 2 aromatic rings. The van der Waals surface area contributed by atoms with Crippen molar-refractivity contribution in [1.29, 1.82) is 0 Å². The summed E-state index contributed by atoms with van der Waals surface area (Å²) in [4.78, 5) is 15.4. The van der Waals surface area contributed by atoms with Gasteiger partial charge >= 0.3 is 0 Å². The number of amides is 1. The molecule has 1 aromatic heterocycles. The van der Waals surface area contributed by atoms with Crippen LogP contribution in [0.5, 0.6) is 0 Å². The number of hydrogen-bond donors (Lipinski definition) is 1. The molecular weight excluding hydrogens is 214 g/mol. The van der Waals surface area contributed by atoms with Crippen LogP contribution in [0.3, 0.4) is 0 Å². The van der Waals surface area contributed by atoms with Gasteiger partial charge in [0.05, 0.1) is 17.6 Å². The first kappa shape index (κ1) is 11.4. The molecule has 1 N–H and O–H groups in total. The molecule has 0 aliphatic heterocycles. The minimum absolute atomic E-state index is 0.0535. The van der Waals surface area contributed by atoms with E-state index in [0.717, 1.165) is 16.9 Å². The monoisotopic (exact) mass is 229 g/mol. The SMILES string of the molecule is C=CCn1c(CNC(C)=O)nc2ccccc21. The van der Waals surface area contributed by atoms with Gasteiger partial charge < -0.3 is 9.88 Å². The molecule has 0 aliphatic rings. The van der Waals surface area contributed by atoms with Gasteiger partial charge in [0.25, 0.3) is 0 Å². The summed E-state index contributed by atoms with van der Waals surface area (Å²) in [6.45, 7) is 6.38. The largest absolute Gasteiger partial charge is 0.349 e. The minimum atomic E-state index is -0.0535. The van der Waals surface area contributed by atoms with E-state index in [0.29, 0.717) is 13.1 Å². The van der Waals surface area contributed by atoms with Gasteiger partial charge in [-0.2, -0.15) is 0 Å². The van der Waals surface area contributed by atoms with Gasteiger partial charge in [-0.05, 0) is 12.1 Å². The molecule has 0 fully saturated rings. The predicted molar refractivity (Wildman–Crippen MR) is 67.5 cm³/mol. The average Bonchev–Trinajstić information content (AvgIpc) is 2.66. The summed E-state index contributed by atoms with van der Waals surface area (Å²) in [5.74, 6) is 0.795. The Labute approximate surface area is 100.0 Å². The lowest BCUT2D eigenvalue weighted by Gasteiger charge is -2.06. The Morgan fingerprint density at radius 2 is 2.29 bits per heavy atom. The van der Waals surface area contributed by atoms with Gasteiger partial charge in [0, 0.05) is 13.5 Å². The third-order valence-corrected chi connectivity index (χ3v) is 2.54. The number of nitrogens with zero attached hydrogens (tertiary/aromatic N) is 2. The van der Waals surface area contributed by atoms with Crippen molar-refractivity contribution in [3.05, 3.63) is 42.7 Å². The highest BCUT2D eigenvalue weighted by atomic mass is 16.1. The second-order valence-electron chi connectivity index (χ2n) is 3.83. The van der Waals surface area contributed by atoms with Crippen LogP contribution in [0.15, 0.2) is 36.9 Å². The molecule has 1 heterocycles. The van der Waals surface area contributed by atoms with Crippen LogP contribution in [0.1, 0.15) is 12.7 Å². The molecule has 0 saturated heterocycles. The van der Waals surface area contributed by atoms with Crippen molar-refractivity contribution in [3.63, 3.8) is 0 Å². The highest BCUT2D eigenvalue weighted by molar-refractivity contribution is 5.76. The zero-order valence-electron chi connectivity index (χ0n) is 9.81. The Morgan fingerprint density at radius 1 is 1.53 bits per heavy atom. The maximum Gasteiger partial charge on any atom is 0.217 e. The van der Waals surface area contributed by atoms with Crippen LogP contribution in [-0.4, -0.2) is 15.5 Å². The van der Waals surface area contributed by atoms with Crippen LogP contribution in [0.2, 0.25) is 0 Å². The molecule has 0 atom stereocenters. The summed E-state index contributed by atoms with van der Waals surface area (Å²) in [6.07, 6.45) is 1.82. The third-order valence-electron chi connectivity index (χ3n) is 2.54. The molecule has 88 valence electrons. The maximum atomic E-state index is 10.9. The van der Waals surface area contributed by atoms with Gasteiger partial charge in [0.2, 0.25) is 5.91 Å². The Kier molecular flexibility index (Phi) is 3.23.